The molecule has 0 aliphatic rings. The summed E-state index contributed by atoms with van der Waals surface area (Å²) in [5, 5.41) is 2.70. The Kier molecular flexibility index (Phi) is 6.72. The van der Waals surface area contributed by atoms with Gasteiger partial charge in [0.15, 0.2) is 0 Å². The molecule has 0 aliphatic carbocycles. The quantitative estimate of drug-likeness (QED) is 0.671. The second kappa shape index (κ2) is 7.22. The van der Waals surface area contributed by atoms with Gasteiger partial charge in [0.2, 0.25) is 11.8 Å². The van der Waals surface area contributed by atoms with Crippen LogP contribution in [0.15, 0.2) is 0 Å². The molecule has 2 amide bonds. The van der Waals surface area contributed by atoms with Crippen LogP contribution >= 0.6 is 0 Å². The first kappa shape index (κ1) is 14.9. The van der Waals surface area contributed by atoms with Crippen molar-refractivity contribution in [1.29, 1.82) is 0 Å². The fourth-order valence-corrected chi connectivity index (χ4v) is 1.36. The number of likely N-dealkylation sites (N-methyl/N-ethyl adjacent to an activating group) is 1. The Morgan fingerprint density at radius 2 is 1.88 bits per heavy atom. The Labute approximate surface area is 97.4 Å². The minimum absolute atomic E-state index is 0.0869. The van der Waals surface area contributed by atoms with Crippen molar-refractivity contribution in [1.82, 2.24) is 10.2 Å². The molecule has 2 unspecified atom stereocenters. The van der Waals surface area contributed by atoms with Crippen LogP contribution in [0.25, 0.3) is 0 Å². The monoisotopic (exact) mass is 229 g/mol. The molecule has 0 aromatic carbocycles. The van der Waals surface area contributed by atoms with Gasteiger partial charge in [0, 0.05) is 20.0 Å². The number of nitrogens with zero attached hydrogens (tertiary/aromatic N) is 1. The number of hydrogen-bond acceptors (Lipinski definition) is 3. The molecular formula is C11H23N3O2. The van der Waals surface area contributed by atoms with Crippen LogP contribution in [-0.4, -0.2) is 43.4 Å². The van der Waals surface area contributed by atoms with E-state index in [1.807, 2.05) is 6.92 Å². The number of amides is 2. The van der Waals surface area contributed by atoms with Crippen molar-refractivity contribution in [3.63, 3.8) is 0 Å². The van der Waals surface area contributed by atoms with Crippen LogP contribution in [0.2, 0.25) is 0 Å². The second-order valence-electron chi connectivity index (χ2n) is 4.29. The Morgan fingerprint density at radius 1 is 1.31 bits per heavy atom. The molecule has 16 heavy (non-hydrogen) atoms. The third-order valence-electron chi connectivity index (χ3n) is 2.46. The van der Waals surface area contributed by atoms with Gasteiger partial charge in [-0.15, -0.1) is 0 Å². The molecule has 5 heteroatoms. The van der Waals surface area contributed by atoms with Crippen LogP contribution in [0.3, 0.4) is 0 Å². The molecule has 0 radical (unpaired) electrons. The van der Waals surface area contributed by atoms with Crippen molar-refractivity contribution in [3.05, 3.63) is 0 Å². The first-order valence-electron chi connectivity index (χ1n) is 5.61. The summed E-state index contributed by atoms with van der Waals surface area (Å²) in [6, 6.07) is -0.470. The van der Waals surface area contributed by atoms with Crippen LogP contribution < -0.4 is 11.1 Å². The van der Waals surface area contributed by atoms with Crippen LogP contribution in [0.1, 0.15) is 26.7 Å². The van der Waals surface area contributed by atoms with Crippen LogP contribution in [0.4, 0.5) is 0 Å². The van der Waals surface area contributed by atoms with Gasteiger partial charge in [-0.3, -0.25) is 9.59 Å². The molecule has 0 saturated carbocycles. The molecular weight excluding hydrogens is 206 g/mol. The average Bonchev–Trinajstić information content (AvgIpc) is 2.24. The lowest BCUT2D eigenvalue weighted by Gasteiger charge is -2.20. The average molecular weight is 229 g/mol. The number of carbonyl (C=O) groups excluding carboxylic acids is 2. The predicted octanol–water partition coefficient (Wildman–Crippen LogP) is -0.0457. The highest BCUT2D eigenvalue weighted by Gasteiger charge is 2.20. The largest absolute Gasteiger partial charge is 0.347 e. The van der Waals surface area contributed by atoms with E-state index >= 15 is 0 Å². The number of nitrogens with two attached hydrogens (primary N) is 1. The van der Waals surface area contributed by atoms with E-state index in [1.54, 1.807) is 21.0 Å². The fourth-order valence-electron chi connectivity index (χ4n) is 1.36. The zero-order valence-electron chi connectivity index (χ0n) is 10.6. The Bertz CT molecular complexity index is 241. The summed E-state index contributed by atoms with van der Waals surface area (Å²) < 4.78 is 0. The maximum Gasteiger partial charge on any atom is 0.244 e. The summed E-state index contributed by atoms with van der Waals surface area (Å²) in [5.41, 5.74) is 5.37. The smallest absolute Gasteiger partial charge is 0.244 e. The summed E-state index contributed by atoms with van der Waals surface area (Å²) in [5.74, 6) is -0.281. The van der Waals surface area contributed by atoms with Gasteiger partial charge >= 0.3 is 0 Å². The van der Waals surface area contributed by atoms with Crippen LogP contribution in [-0.2, 0) is 9.59 Å². The van der Waals surface area contributed by atoms with Crippen molar-refractivity contribution in [2.75, 3.05) is 20.6 Å². The predicted molar refractivity (Wildman–Crippen MR) is 63.8 cm³/mol. The highest BCUT2D eigenvalue weighted by molar-refractivity contribution is 5.87. The summed E-state index contributed by atoms with van der Waals surface area (Å²) in [6.45, 7) is 4.12. The van der Waals surface area contributed by atoms with Gasteiger partial charge in [-0.25, -0.2) is 0 Å². The topological polar surface area (TPSA) is 75.4 Å². The molecule has 0 bridgehead atoms. The molecule has 0 heterocycles. The lowest BCUT2D eigenvalue weighted by molar-refractivity contribution is -0.135. The normalized spacial score (nSPS) is 14.1. The van der Waals surface area contributed by atoms with Gasteiger partial charge in [-0.05, 0) is 26.3 Å². The van der Waals surface area contributed by atoms with Gasteiger partial charge < -0.3 is 16.0 Å². The Hall–Kier alpha value is -1.10. The zero-order valence-corrected chi connectivity index (χ0v) is 10.6. The van der Waals surface area contributed by atoms with Gasteiger partial charge in [-0.1, -0.05) is 6.92 Å². The number of hydrogen-bond donors (Lipinski definition) is 2. The standard InChI is InChI=1S/C11H23N3O2/c1-8(6-5-7-12)10(15)13-9(2)11(16)14(3)4/h8-9H,5-7,12H2,1-4H3,(H,13,15). The third kappa shape index (κ3) is 5.11. The van der Waals surface area contributed by atoms with Crippen molar-refractivity contribution >= 4 is 11.8 Å². The molecule has 0 aliphatic heterocycles. The SMILES string of the molecule is CC(CCCN)C(=O)NC(C)C(=O)N(C)C. The molecule has 3 N–H and O–H groups in total. The van der Waals surface area contributed by atoms with Crippen molar-refractivity contribution in [2.24, 2.45) is 11.7 Å². The molecule has 0 fully saturated rings. The van der Waals surface area contributed by atoms with E-state index in [-0.39, 0.29) is 17.7 Å². The number of nitrogens with one attached hydrogen (secondary N) is 1. The molecule has 0 aromatic heterocycles. The second-order valence-corrected chi connectivity index (χ2v) is 4.29. The van der Waals surface area contributed by atoms with Gasteiger partial charge in [0.05, 0.1) is 0 Å². The third-order valence-corrected chi connectivity index (χ3v) is 2.46. The van der Waals surface area contributed by atoms with E-state index in [2.05, 4.69) is 5.32 Å². The van der Waals surface area contributed by atoms with Gasteiger partial charge in [-0.2, -0.15) is 0 Å². The summed E-state index contributed by atoms with van der Waals surface area (Å²) in [4.78, 5) is 24.6. The molecule has 0 spiro atoms. The van der Waals surface area contributed by atoms with Crippen LogP contribution in [0, 0.1) is 5.92 Å². The molecule has 0 aromatic rings. The Balaban J connectivity index is 4.08. The van der Waals surface area contributed by atoms with E-state index in [1.165, 1.54) is 4.90 Å². The summed E-state index contributed by atoms with van der Waals surface area (Å²) >= 11 is 0. The fraction of sp³-hybridized carbons (Fsp3) is 0.818. The van der Waals surface area contributed by atoms with Gasteiger partial charge in [0.25, 0.3) is 0 Å². The first-order chi connectivity index (χ1) is 7.40. The molecule has 0 rings (SSSR count). The lowest BCUT2D eigenvalue weighted by Crippen LogP contribution is -2.45. The Morgan fingerprint density at radius 3 is 2.31 bits per heavy atom. The van der Waals surface area contributed by atoms with E-state index in [0.29, 0.717) is 6.54 Å². The zero-order chi connectivity index (χ0) is 12.7. The van der Waals surface area contributed by atoms with E-state index in [4.69, 9.17) is 5.73 Å². The first-order valence-corrected chi connectivity index (χ1v) is 5.61. The lowest BCUT2D eigenvalue weighted by atomic mass is 10.0. The molecule has 5 nitrogen and oxygen atoms in total. The maximum absolute atomic E-state index is 11.7. The number of carbonyl (C=O) groups is 2. The van der Waals surface area contributed by atoms with E-state index < -0.39 is 6.04 Å². The van der Waals surface area contributed by atoms with Crippen molar-refractivity contribution in [3.8, 4) is 0 Å². The summed E-state index contributed by atoms with van der Waals surface area (Å²) in [6.07, 6.45) is 1.58. The maximum atomic E-state index is 11.7. The minimum Gasteiger partial charge on any atom is -0.347 e. The van der Waals surface area contributed by atoms with Gasteiger partial charge in [0.1, 0.15) is 6.04 Å². The van der Waals surface area contributed by atoms with E-state index in [9.17, 15) is 9.59 Å². The molecule has 0 saturated heterocycles. The number of rotatable bonds is 6. The minimum atomic E-state index is -0.470. The molecule has 2 atom stereocenters. The highest BCUT2D eigenvalue weighted by Crippen LogP contribution is 2.05. The molecule has 94 valence electrons. The summed E-state index contributed by atoms with van der Waals surface area (Å²) in [7, 11) is 3.34. The van der Waals surface area contributed by atoms with Crippen molar-refractivity contribution < 1.29 is 9.59 Å². The van der Waals surface area contributed by atoms with Crippen molar-refractivity contribution in [2.45, 2.75) is 32.7 Å². The van der Waals surface area contributed by atoms with E-state index in [0.717, 1.165) is 12.8 Å². The highest BCUT2D eigenvalue weighted by atomic mass is 16.2. The van der Waals surface area contributed by atoms with Crippen LogP contribution in [0.5, 0.6) is 0 Å².